The van der Waals surface area contributed by atoms with Crippen molar-refractivity contribution in [2.45, 2.75) is 5.03 Å². The summed E-state index contributed by atoms with van der Waals surface area (Å²) in [5.41, 5.74) is 0.134. The number of carboxylic acid groups (broad SMARTS) is 1. The van der Waals surface area contributed by atoms with Crippen molar-refractivity contribution in [1.29, 1.82) is 0 Å². The van der Waals surface area contributed by atoms with E-state index in [9.17, 15) is 13.2 Å². The molecule has 0 aliphatic carbocycles. The van der Waals surface area contributed by atoms with E-state index in [4.69, 9.17) is 15.8 Å². The van der Waals surface area contributed by atoms with E-state index in [1.807, 2.05) is 0 Å². The highest BCUT2D eigenvalue weighted by Gasteiger charge is 2.19. The van der Waals surface area contributed by atoms with E-state index in [-0.39, 0.29) is 10.6 Å². The predicted octanol–water partition coefficient (Wildman–Crippen LogP) is 0.445. The SMILES string of the molecule is Cn1ncc(/C=C/C(=O)O)c1S(=O)(=O)Cl. The van der Waals surface area contributed by atoms with Gasteiger partial charge in [0, 0.05) is 29.4 Å². The van der Waals surface area contributed by atoms with Gasteiger partial charge in [-0.1, -0.05) is 0 Å². The van der Waals surface area contributed by atoms with Gasteiger partial charge in [0.1, 0.15) is 0 Å². The Kier molecular flexibility index (Phi) is 3.15. The van der Waals surface area contributed by atoms with Crippen LogP contribution in [0.1, 0.15) is 5.56 Å². The maximum Gasteiger partial charge on any atom is 0.328 e. The van der Waals surface area contributed by atoms with E-state index in [1.165, 1.54) is 13.2 Å². The molecule has 0 saturated heterocycles. The molecule has 0 atom stereocenters. The largest absolute Gasteiger partial charge is 0.478 e. The van der Waals surface area contributed by atoms with E-state index in [1.54, 1.807) is 0 Å². The fraction of sp³-hybridized carbons (Fsp3) is 0.143. The molecule has 0 radical (unpaired) electrons. The Labute approximate surface area is 90.2 Å². The van der Waals surface area contributed by atoms with Crippen LogP contribution in [-0.2, 0) is 20.9 Å². The maximum atomic E-state index is 11.1. The number of aryl methyl sites for hydroxylation is 1. The first-order valence-corrected chi connectivity index (χ1v) is 6.01. The summed E-state index contributed by atoms with van der Waals surface area (Å²) in [6, 6.07) is 0. The third-order valence-corrected chi connectivity index (χ3v) is 2.95. The van der Waals surface area contributed by atoms with Gasteiger partial charge in [-0.05, 0) is 6.08 Å². The second-order valence-electron chi connectivity index (χ2n) is 2.64. The monoisotopic (exact) mass is 250 g/mol. The van der Waals surface area contributed by atoms with Crippen molar-refractivity contribution in [1.82, 2.24) is 9.78 Å². The van der Waals surface area contributed by atoms with E-state index in [0.29, 0.717) is 0 Å². The zero-order valence-electron chi connectivity index (χ0n) is 7.58. The standard InChI is InChI=1S/C7H7ClN2O4S/c1-10-7(15(8,13)14)5(4-9-10)2-3-6(11)12/h2-4H,1H3,(H,11,12)/b3-2+. The molecule has 0 amide bonds. The fourth-order valence-corrected chi connectivity index (χ4v) is 2.35. The minimum absolute atomic E-state index is 0.134. The second-order valence-corrected chi connectivity index (χ2v) is 5.12. The Balaban J connectivity index is 3.28. The highest BCUT2D eigenvalue weighted by Crippen LogP contribution is 2.19. The van der Waals surface area contributed by atoms with Crippen molar-refractivity contribution in [3.63, 3.8) is 0 Å². The first kappa shape index (κ1) is 11.7. The van der Waals surface area contributed by atoms with Crippen LogP contribution in [0.2, 0.25) is 0 Å². The molecular formula is C7H7ClN2O4S. The quantitative estimate of drug-likeness (QED) is 0.621. The number of nitrogens with zero attached hydrogens (tertiary/aromatic N) is 2. The molecule has 0 unspecified atom stereocenters. The van der Waals surface area contributed by atoms with Gasteiger partial charge >= 0.3 is 5.97 Å². The molecule has 0 fully saturated rings. The van der Waals surface area contributed by atoms with Crippen molar-refractivity contribution < 1.29 is 18.3 Å². The Morgan fingerprint density at radius 3 is 2.73 bits per heavy atom. The molecule has 1 heterocycles. The van der Waals surface area contributed by atoms with Crippen LogP contribution >= 0.6 is 10.7 Å². The molecule has 0 aromatic carbocycles. The van der Waals surface area contributed by atoms with Gasteiger partial charge in [-0.2, -0.15) is 5.10 Å². The van der Waals surface area contributed by atoms with E-state index in [0.717, 1.165) is 16.8 Å². The number of carboxylic acids is 1. The van der Waals surface area contributed by atoms with E-state index in [2.05, 4.69) is 5.10 Å². The summed E-state index contributed by atoms with van der Waals surface area (Å²) in [6.07, 6.45) is 3.14. The fourth-order valence-electron chi connectivity index (χ4n) is 1.02. The number of aromatic nitrogens is 2. The van der Waals surface area contributed by atoms with Crippen molar-refractivity contribution in [3.05, 3.63) is 17.8 Å². The molecule has 1 aromatic rings. The average molecular weight is 251 g/mol. The number of aliphatic carboxylic acids is 1. The predicted molar refractivity (Wildman–Crippen MR) is 52.9 cm³/mol. The Morgan fingerprint density at radius 2 is 2.27 bits per heavy atom. The van der Waals surface area contributed by atoms with Crippen LogP contribution in [0.3, 0.4) is 0 Å². The van der Waals surface area contributed by atoms with Gasteiger partial charge in [0.25, 0.3) is 9.05 Å². The summed E-state index contributed by atoms with van der Waals surface area (Å²) >= 11 is 0. The lowest BCUT2D eigenvalue weighted by atomic mass is 10.3. The Hall–Kier alpha value is -1.34. The third-order valence-electron chi connectivity index (χ3n) is 1.55. The molecule has 82 valence electrons. The summed E-state index contributed by atoms with van der Waals surface area (Å²) < 4.78 is 23.3. The number of carbonyl (C=O) groups is 1. The van der Waals surface area contributed by atoms with Gasteiger partial charge < -0.3 is 5.11 Å². The first-order chi connectivity index (χ1) is 6.82. The van der Waals surface area contributed by atoms with Gasteiger partial charge in [-0.3, -0.25) is 4.68 Å². The molecule has 0 saturated carbocycles. The van der Waals surface area contributed by atoms with Crippen molar-refractivity contribution in [2.75, 3.05) is 0 Å². The third kappa shape index (κ3) is 2.80. The van der Waals surface area contributed by atoms with Gasteiger partial charge in [0.05, 0.1) is 6.20 Å². The topological polar surface area (TPSA) is 89.3 Å². The summed E-state index contributed by atoms with van der Waals surface area (Å²) in [7, 11) is 2.61. The molecule has 6 nitrogen and oxygen atoms in total. The lowest BCUT2D eigenvalue weighted by Gasteiger charge is -1.97. The van der Waals surface area contributed by atoms with Crippen LogP contribution < -0.4 is 0 Å². The molecule has 0 bridgehead atoms. The van der Waals surface area contributed by atoms with E-state index >= 15 is 0 Å². The number of hydrogen-bond acceptors (Lipinski definition) is 4. The molecule has 0 spiro atoms. The number of hydrogen-bond donors (Lipinski definition) is 1. The lowest BCUT2D eigenvalue weighted by Crippen LogP contribution is -2.02. The van der Waals surface area contributed by atoms with Crippen LogP contribution in [0, 0.1) is 0 Å². The van der Waals surface area contributed by atoms with Crippen LogP contribution in [0.5, 0.6) is 0 Å². The van der Waals surface area contributed by atoms with Gasteiger partial charge in [-0.25, -0.2) is 13.2 Å². The second kappa shape index (κ2) is 4.03. The first-order valence-electron chi connectivity index (χ1n) is 3.70. The zero-order valence-corrected chi connectivity index (χ0v) is 9.16. The van der Waals surface area contributed by atoms with Crippen molar-refractivity contribution >= 4 is 31.8 Å². The summed E-state index contributed by atoms with van der Waals surface area (Å²) in [6.45, 7) is 0. The normalized spacial score (nSPS) is 12.1. The summed E-state index contributed by atoms with van der Waals surface area (Å²) in [4.78, 5) is 10.2. The summed E-state index contributed by atoms with van der Waals surface area (Å²) in [5.74, 6) is -1.18. The lowest BCUT2D eigenvalue weighted by molar-refractivity contribution is -0.131. The van der Waals surface area contributed by atoms with Crippen LogP contribution in [0.4, 0.5) is 0 Å². The average Bonchev–Trinajstić information content (AvgIpc) is 2.42. The minimum Gasteiger partial charge on any atom is -0.478 e. The van der Waals surface area contributed by atoms with Gasteiger partial charge in [-0.15, -0.1) is 0 Å². The maximum absolute atomic E-state index is 11.1. The molecule has 8 heteroatoms. The molecule has 1 aromatic heterocycles. The van der Waals surface area contributed by atoms with Crippen LogP contribution in [0.25, 0.3) is 6.08 Å². The molecule has 0 aliphatic rings. The Morgan fingerprint density at radius 1 is 1.67 bits per heavy atom. The number of halogens is 1. The molecular weight excluding hydrogens is 244 g/mol. The highest BCUT2D eigenvalue weighted by molar-refractivity contribution is 8.13. The molecule has 1 rings (SSSR count). The van der Waals surface area contributed by atoms with E-state index < -0.39 is 15.0 Å². The molecule has 0 aliphatic heterocycles. The highest BCUT2D eigenvalue weighted by atomic mass is 35.7. The number of rotatable bonds is 3. The smallest absolute Gasteiger partial charge is 0.328 e. The Bertz CT molecular complexity index is 517. The summed E-state index contributed by atoms with van der Waals surface area (Å²) in [5, 5.41) is 11.8. The van der Waals surface area contributed by atoms with Gasteiger partial charge in [0.15, 0.2) is 5.03 Å². The van der Waals surface area contributed by atoms with Crippen molar-refractivity contribution in [2.24, 2.45) is 7.05 Å². The van der Waals surface area contributed by atoms with Gasteiger partial charge in [0.2, 0.25) is 0 Å². The van der Waals surface area contributed by atoms with Crippen molar-refractivity contribution in [3.8, 4) is 0 Å². The molecule has 15 heavy (non-hydrogen) atoms. The minimum atomic E-state index is -3.94. The van der Waals surface area contributed by atoms with Crippen LogP contribution in [0.15, 0.2) is 17.3 Å². The van der Waals surface area contributed by atoms with Crippen LogP contribution in [-0.4, -0.2) is 29.3 Å². The molecule has 1 N–H and O–H groups in total. The zero-order chi connectivity index (χ0) is 11.6.